The molecule has 0 spiro atoms. The van der Waals surface area contributed by atoms with Crippen molar-refractivity contribution in [3.63, 3.8) is 0 Å². The van der Waals surface area contributed by atoms with Crippen LogP contribution in [0, 0.1) is 0 Å². The van der Waals surface area contributed by atoms with Gasteiger partial charge in [-0.2, -0.15) is 0 Å². The highest BCUT2D eigenvalue weighted by Gasteiger charge is 2.20. The molecule has 4 N–H and O–H groups in total. The van der Waals surface area contributed by atoms with E-state index in [2.05, 4.69) is 10.6 Å². The smallest absolute Gasteiger partial charge is 0.326 e. The second-order valence-electron chi connectivity index (χ2n) is 9.09. The van der Waals surface area contributed by atoms with Gasteiger partial charge in [0.15, 0.2) is 0 Å². The molecule has 0 bridgehead atoms. The number of carbonyl (C=O) groups excluding carboxylic acids is 2. The Morgan fingerprint density at radius 1 is 0.667 bits per heavy atom. The van der Waals surface area contributed by atoms with Crippen molar-refractivity contribution >= 4 is 23.8 Å². The summed E-state index contributed by atoms with van der Waals surface area (Å²) in [6.07, 6.45) is 13.3. The molecule has 10 heteroatoms. The normalized spacial score (nSPS) is 11.7. The Morgan fingerprint density at radius 3 is 1.69 bits per heavy atom. The zero-order valence-corrected chi connectivity index (χ0v) is 22.1. The van der Waals surface area contributed by atoms with Gasteiger partial charge in [0, 0.05) is 32.9 Å². The lowest BCUT2D eigenvalue weighted by molar-refractivity contribution is -0.142. The van der Waals surface area contributed by atoms with Gasteiger partial charge < -0.3 is 30.3 Å². The first-order chi connectivity index (χ1) is 17.4. The summed E-state index contributed by atoms with van der Waals surface area (Å²) in [4.78, 5) is 45.8. The molecule has 0 radical (unpaired) electrons. The molecule has 36 heavy (non-hydrogen) atoms. The second kappa shape index (κ2) is 24.5. The molecule has 0 saturated heterocycles. The number of hydrogen-bond acceptors (Lipinski definition) is 6. The Balaban J connectivity index is 3.68. The lowest BCUT2D eigenvalue weighted by Gasteiger charge is -2.14. The van der Waals surface area contributed by atoms with Crippen LogP contribution in [-0.4, -0.2) is 73.5 Å². The topological polar surface area (TPSA) is 151 Å². The van der Waals surface area contributed by atoms with Gasteiger partial charge in [-0.3, -0.25) is 14.4 Å². The lowest BCUT2D eigenvalue weighted by Crippen LogP contribution is -2.41. The molecule has 210 valence electrons. The first-order valence-corrected chi connectivity index (χ1v) is 13.4. The number of carboxylic acid groups (broad SMARTS) is 2. The number of methoxy groups -OCH3 is 1. The number of hydrogen-bond donors (Lipinski definition) is 4. The molecule has 0 rings (SSSR count). The van der Waals surface area contributed by atoms with Gasteiger partial charge in [-0.05, 0) is 19.3 Å². The molecule has 0 aliphatic rings. The zero-order valence-electron chi connectivity index (χ0n) is 22.1. The average molecular weight is 517 g/mol. The summed E-state index contributed by atoms with van der Waals surface area (Å²) in [5.41, 5.74) is 0. The molecule has 0 aliphatic heterocycles. The van der Waals surface area contributed by atoms with Gasteiger partial charge in [-0.15, -0.1) is 0 Å². The fourth-order valence-corrected chi connectivity index (χ4v) is 3.72. The van der Waals surface area contributed by atoms with E-state index >= 15 is 0 Å². The van der Waals surface area contributed by atoms with E-state index in [4.69, 9.17) is 14.6 Å². The van der Waals surface area contributed by atoms with Gasteiger partial charge in [-0.1, -0.05) is 64.2 Å². The number of carboxylic acids is 2. The number of unbranched alkanes of at least 4 members (excludes halogenated alkanes) is 11. The third-order valence-electron chi connectivity index (χ3n) is 5.84. The maximum atomic E-state index is 12.1. The Morgan fingerprint density at radius 2 is 1.19 bits per heavy atom. The molecule has 0 aromatic heterocycles. The molecule has 0 heterocycles. The van der Waals surface area contributed by atoms with Crippen molar-refractivity contribution in [2.24, 2.45) is 0 Å². The summed E-state index contributed by atoms with van der Waals surface area (Å²) < 4.78 is 10.1. The molecule has 0 aromatic carbocycles. The third kappa shape index (κ3) is 23.5. The summed E-state index contributed by atoms with van der Waals surface area (Å²) in [5, 5.41) is 23.1. The van der Waals surface area contributed by atoms with Gasteiger partial charge in [-0.25, -0.2) is 4.79 Å². The largest absolute Gasteiger partial charge is 0.481 e. The Labute approximate surface area is 215 Å². The molecule has 2 amide bonds. The Bertz CT molecular complexity index is 600. The monoisotopic (exact) mass is 516 g/mol. The lowest BCUT2D eigenvalue weighted by atomic mass is 10.0. The summed E-state index contributed by atoms with van der Waals surface area (Å²) in [6, 6.07) is -1.07. The quantitative estimate of drug-likeness (QED) is 0.127. The second-order valence-corrected chi connectivity index (χ2v) is 9.09. The van der Waals surface area contributed by atoms with Crippen LogP contribution < -0.4 is 10.6 Å². The number of carbonyl (C=O) groups is 4. The van der Waals surface area contributed by atoms with E-state index < -0.39 is 18.0 Å². The average Bonchev–Trinajstić information content (AvgIpc) is 2.83. The van der Waals surface area contributed by atoms with Crippen molar-refractivity contribution in [3.8, 4) is 0 Å². The number of aliphatic carboxylic acids is 2. The van der Waals surface area contributed by atoms with Crippen LogP contribution in [0.25, 0.3) is 0 Å². The van der Waals surface area contributed by atoms with E-state index in [0.717, 1.165) is 44.9 Å². The standard InChI is InChI=1S/C26H48N2O8/c1-35-20-21-36-19-18-27-23(29)17-16-22(26(33)34)28-24(30)14-12-10-8-6-4-2-3-5-7-9-11-13-15-25(31)32/h22H,2-21H2,1H3,(H,27,29)(H,28,30)(H,31,32)(H,33,34)/t22-/m0/s1. The van der Waals surface area contributed by atoms with Crippen LogP contribution in [0.2, 0.25) is 0 Å². The van der Waals surface area contributed by atoms with Crippen LogP contribution in [0.5, 0.6) is 0 Å². The molecule has 0 fully saturated rings. The van der Waals surface area contributed by atoms with Crippen LogP contribution in [-0.2, 0) is 28.7 Å². The zero-order chi connectivity index (χ0) is 26.9. The van der Waals surface area contributed by atoms with Gasteiger partial charge in [0.05, 0.1) is 19.8 Å². The van der Waals surface area contributed by atoms with Crippen molar-refractivity contribution in [2.45, 2.75) is 109 Å². The predicted octanol–water partition coefficient (Wildman–Crippen LogP) is 3.66. The molecule has 0 unspecified atom stereocenters. The molecular formula is C26H48N2O8. The van der Waals surface area contributed by atoms with E-state index in [1.165, 1.54) is 32.1 Å². The minimum atomic E-state index is -1.14. The number of ether oxygens (including phenoxy) is 2. The van der Waals surface area contributed by atoms with Crippen LogP contribution in [0.3, 0.4) is 0 Å². The maximum absolute atomic E-state index is 12.1. The molecule has 10 nitrogen and oxygen atoms in total. The maximum Gasteiger partial charge on any atom is 0.326 e. The van der Waals surface area contributed by atoms with Gasteiger partial charge in [0.25, 0.3) is 0 Å². The van der Waals surface area contributed by atoms with Crippen molar-refractivity contribution in [1.82, 2.24) is 10.6 Å². The summed E-state index contributed by atoms with van der Waals surface area (Å²) in [6.45, 7) is 1.61. The SMILES string of the molecule is COCCOCCNC(=O)CC[C@H](NC(=O)CCCCCCCCCCCCCCC(=O)O)C(=O)O. The van der Waals surface area contributed by atoms with Crippen molar-refractivity contribution in [3.05, 3.63) is 0 Å². The van der Waals surface area contributed by atoms with Crippen molar-refractivity contribution in [1.29, 1.82) is 0 Å². The predicted molar refractivity (Wildman–Crippen MR) is 137 cm³/mol. The number of rotatable bonds is 26. The molecular weight excluding hydrogens is 468 g/mol. The van der Waals surface area contributed by atoms with E-state index in [1.807, 2.05) is 0 Å². The van der Waals surface area contributed by atoms with Gasteiger partial charge in [0.1, 0.15) is 6.04 Å². The Hall–Kier alpha value is -2.20. The first kappa shape index (κ1) is 33.8. The van der Waals surface area contributed by atoms with Gasteiger partial charge >= 0.3 is 11.9 Å². The minimum absolute atomic E-state index is 0.0139. The molecule has 0 aliphatic carbocycles. The van der Waals surface area contributed by atoms with E-state index in [0.29, 0.717) is 26.4 Å². The highest BCUT2D eigenvalue weighted by molar-refractivity contribution is 5.84. The highest BCUT2D eigenvalue weighted by atomic mass is 16.5. The first-order valence-electron chi connectivity index (χ1n) is 13.4. The van der Waals surface area contributed by atoms with Crippen molar-refractivity contribution in [2.75, 3.05) is 33.5 Å². The molecule has 0 aromatic rings. The fraction of sp³-hybridized carbons (Fsp3) is 0.846. The number of amides is 2. The minimum Gasteiger partial charge on any atom is -0.481 e. The van der Waals surface area contributed by atoms with E-state index in [-0.39, 0.29) is 37.5 Å². The van der Waals surface area contributed by atoms with E-state index in [9.17, 15) is 24.3 Å². The van der Waals surface area contributed by atoms with Crippen molar-refractivity contribution < 1.29 is 38.9 Å². The highest BCUT2D eigenvalue weighted by Crippen LogP contribution is 2.13. The van der Waals surface area contributed by atoms with Crippen LogP contribution in [0.1, 0.15) is 103 Å². The molecule has 1 atom stereocenters. The van der Waals surface area contributed by atoms with Gasteiger partial charge in [0.2, 0.25) is 11.8 Å². The van der Waals surface area contributed by atoms with Crippen LogP contribution >= 0.6 is 0 Å². The van der Waals surface area contributed by atoms with E-state index in [1.54, 1.807) is 7.11 Å². The van der Waals surface area contributed by atoms with Crippen LogP contribution in [0.15, 0.2) is 0 Å². The third-order valence-corrected chi connectivity index (χ3v) is 5.84. The summed E-state index contributed by atoms with van der Waals surface area (Å²) in [7, 11) is 1.58. The number of nitrogens with one attached hydrogen (secondary N) is 2. The van der Waals surface area contributed by atoms with Crippen LogP contribution in [0.4, 0.5) is 0 Å². The summed E-state index contributed by atoms with van der Waals surface area (Å²) >= 11 is 0. The fourth-order valence-electron chi connectivity index (χ4n) is 3.72. The summed E-state index contributed by atoms with van der Waals surface area (Å²) in [5.74, 6) is -2.42. The molecule has 0 saturated carbocycles. The Kier molecular flexibility index (Phi) is 23.0.